The van der Waals surface area contributed by atoms with Crippen molar-refractivity contribution in [2.45, 2.75) is 32.2 Å². The summed E-state index contributed by atoms with van der Waals surface area (Å²) in [7, 11) is 6.71. The summed E-state index contributed by atoms with van der Waals surface area (Å²) in [6, 6.07) is 0.0777. The molecule has 1 unspecified atom stereocenters. The van der Waals surface area contributed by atoms with E-state index in [1.165, 1.54) is 0 Å². The number of rotatable bonds is 7. The minimum Gasteiger partial charge on any atom is -0.493 e. The third kappa shape index (κ3) is 2.82. The normalized spacial score (nSPS) is 13.3. The SMILES string of the molecule is CNC(c1c(OC)cnn1C(C)C)C(OC)OC. The Bertz CT molecular complexity index is 361. The molecular formula is C12H23N3O3. The fourth-order valence-corrected chi connectivity index (χ4v) is 1.99. The van der Waals surface area contributed by atoms with E-state index in [0.717, 1.165) is 11.4 Å². The molecule has 0 aromatic carbocycles. The zero-order chi connectivity index (χ0) is 13.7. The van der Waals surface area contributed by atoms with E-state index in [4.69, 9.17) is 14.2 Å². The molecule has 1 heterocycles. The van der Waals surface area contributed by atoms with E-state index in [1.54, 1.807) is 27.5 Å². The van der Waals surface area contributed by atoms with Crippen molar-refractivity contribution in [2.75, 3.05) is 28.4 Å². The number of aromatic nitrogens is 2. The first-order chi connectivity index (χ1) is 8.60. The summed E-state index contributed by atoms with van der Waals surface area (Å²) in [5.74, 6) is 0.724. The highest BCUT2D eigenvalue weighted by atomic mass is 16.7. The van der Waals surface area contributed by atoms with Crippen molar-refractivity contribution in [3.63, 3.8) is 0 Å². The van der Waals surface area contributed by atoms with Gasteiger partial charge in [-0.15, -0.1) is 0 Å². The number of ether oxygens (including phenoxy) is 3. The lowest BCUT2D eigenvalue weighted by Crippen LogP contribution is -2.34. The highest BCUT2D eigenvalue weighted by Gasteiger charge is 2.29. The standard InChI is InChI=1S/C12H23N3O3/c1-8(2)15-11(9(16-4)7-14-15)10(13-3)12(17-5)18-6/h7-8,10,12-13H,1-6H3. The van der Waals surface area contributed by atoms with Gasteiger partial charge in [0, 0.05) is 20.3 Å². The van der Waals surface area contributed by atoms with E-state index in [2.05, 4.69) is 24.3 Å². The van der Waals surface area contributed by atoms with Crippen molar-refractivity contribution in [2.24, 2.45) is 0 Å². The fourth-order valence-electron chi connectivity index (χ4n) is 1.99. The third-order valence-electron chi connectivity index (χ3n) is 2.85. The molecule has 0 saturated carbocycles. The molecular weight excluding hydrogens is 234 g/mol. The summed E-state index contributed by atoms with van der Waals surface area (Å²) in [5, 5.41) is 7.53. The van der Waals surface area contributed by atoms with Crippen LogP contribution in [0, 0.1) is 0 Å². The van der Waals surface area contributed by atoms with Gasteiger partial charge in [-0.1, -0.05) is 0 Å². The van der Waals surface area contributed by atoms with Crippen LogP contribution in [0.1, 0.15) is 31.6 Å². The van der Waals surface area contributed by atoms with Crippen molar-refractivity contribution in [3.05, 3.63) is 11.9 Å². The number of hydrogen-bond acceptors (Lipinski definition) is 5. The van der Waals surface area contributed by atoms with E-state index in [-0.39, 0.29) is 12.1 Å². The molecule has 0 saturated heterocycles. The van der Waals surface area contributed by atoms with Crippen LogP contribution >= 0.6 is 0 Å². The fraction of sp³-hybridized carbons (Fsp3) is 0.750. The molecule has 0 amide bonds. The van der Waals surface area contributed by atoms with Crippen LogP contribution in [-0.4, -0.2) is 44.4 Å². The predicted molar refractivity (Wildman–Crippen MR) is 68.8 cm³/mol. The first-order valence-electron chi connectivity index (χ1n) is 5.94. The van der Waals surface area contributed by atoms with E-state index in [9.17, 15) is 0 Å². The highest BCUT2D eigenvalue weighted by molar-refractivity contribution is 5.29. The lowest BCUT2D eigenvalue weighted by Gasteiger charge is -2.26. The highest BCUT2D eigenvalue weighted by Crippen LogP contribution is 2.30. The van der Waals surface area contributed by atoms with Gasteiger partial charge in [0.25, 0.3) is 0 Å². The van der Waals surface area contributed by atoms with Crippen LogP contribution in [0.4, 0.5) is 0 Å². The van der Waals surface area contributed by atoms with E-state index < -0.39 is 6.29 Å². The first-order valence-corrected chi connectivity index (χ1v) is 5.94. The Morgan fingerprint density at radius 3 is 2.22 bits per heavy atom. The predicted octanol–water partition coefficient (Wildman–Crippen LogP) is 1.35. The van der Waals surface area contributed by atoms with Crippen LogP contribution in [0.2, 0.25) is 0 Å². The van der Waals surface area contributed by atoms with Gasteiger partial charge in [-0.05, 0) is 20.9 Å². The summed E-state index contributed by atoms with van der Waals surface area (Å²) in [5.41, 5.74) is 0.920. The summed E-state index contributed by atoms with van der Waals surface area (Å²) in [6.45, 7) is 4.13. The second-order valence-electron chi connectivity index (χ2n) is 4.24. The summed E-state index contributed by atoms with van der Waals surface area (Å²) in [6.07, 6.45) is 1.31. The van der Waals surface area contributed by atoms with Gasteiger partial charge in [0.1, 0.15) is 11.7 Å². The van der Waals surface area contributed by atoms with Gasteiger partial charge < -0.3 is 19.5 Å². The molecule has 1 aromatic rings. The van der Waals surface area contributed by atoms with Crippen LogP contribution in [0.3, 0.4) is 0 Å². The Hall–Kier alpha value is -1.11. The molecule has 0 bridgehead atoms. The molecule has 0 aliphatic carbocycles. The van der Waals surface area contributed by atoms with Crippen molar-refractivity contribution < 1.29 is 14.2 Å². The van der Waals surface area contributed by atoms with E-state index >= 15 is 0 Å². The maximum Gasteiger partial charge on any atom is 0.177 e. The molecule has 0 radical (unpaired) electrons. The van der Waals surface area contributed by atoms with Gasteiger partial charge in [-0.2, -0.15) is 5.10 Å². The van der Waals surface area contributed by atoms with Gasteiger partial charge >= 0.3 is 0 Å². The number of likely N-dealkylation sites (N-methyl/N-ethyl adjacent to an activating group) is 1. The lowest BCUT2D eigenvalue weighted by molar-refractivity contribution is -0.124. The topological polar surface area (TPSA) is 57.5 Å². The molecule has 6 heteroatoms. The second-order valence-corrected chi connectivity index (χ2v) is 4.24. The van der Waals surface area contributed by atoms with Crippen LogP contribution in [0.5, 0.6) is 5.75 Å². The van der Waals surface area contributed by atoms with Crippen LogP contribution in [0.25, 0.3) is 0 Å². The number of methoxy groups -OCH3 is 3. The van der Waals surface area contributed by atoms with Crippen molar-refractivity contribution in [1.82, 2.24) is 15.1 Å². The quantitative estimate of drug-likeness (QED) is 0.747. The molecule has 1 N–H and O–H groups in total. The van der Waals surface area contributed by atoms with Crippen LogP contribution in [0.15, 0.2) is 6.20 Å². The lowest BCUT2D eigenvalue weighted by atomic mass is 10.1. The zero-order valence-corrected chi connectivity index (χ0v) is 11.9. The van der Waals surface area contributed by atoms with Gasteiger partial charge in [-0.3, -0.25) is 4.68 Å². The smallest absolute Gasteiger partial charge is 0.177 e. The molecule has 0 aliphatic heterocycles. The van der Waals surface area contributed by atoms with Crippen LogP contribution < -0.4 is 10.1 Å². The Kier molecular flexibility index (Phi) is 5.58. The minimum absolute atomic E-state index is 0.153. The Morgan fingerprint density at radius 1 is 1.22 bits per heavy atom. The monoisotopic (exact) mass is 257 g/mol. The molecule has 6 nitrogen and oxygen atoms in total. The zero-order valence-electron chi connectivity index (χ0n) is 11.9. The molecule has 0 fully saturated rings. The molecule has 0 aliphatic rings. The minimum atomic E-state index is -0.405. The third-order valence-corrected chi connectivity index (χ3v) is 2.85. The van der Waals surface area contributed by atoms with Crippen molar-refractivity contribution >= 4 is 0 Å². The maximum absolute atomic E-state index is 5.36. The van der Waals surface area contributed by atoms with E-state index in [0.29, 0.717) is 0 Å². The van der Waals surface area contributed by atoms with Gasteiger partial charge in [0.2, 0.25) is 0 Å². The Balaban J connectivity index is 3.21. The largest absolute Gasteiger partial charge is 0.493 e. The number of hydrogen-bond donors (Lipinski definition) is 1. The molecule has 0 spiro atoms. The average Bonchev–Trinajstić information content (AvgIpc) is 2.79. The molecule has 1 atom stereocenters. The molecule has 1 aromatic heterocycles. The first kappa shape index (κ1) is 14.9. The average molecular weight is 257 g/mol. The van der Waals surface area contributed by atoms with Gasteiger partial charge in [-0.25, -0.2) is 0 Å². The van der Waals surface area contributed by atoms with Gasteiger partial charge in [0.05, 0.1) is 13.3 Å². The maximum atomic E-state index is 5.36. The number of nitrogens with one attached hydrogen (secondary N) is 1. The molecule has 18 heavy (non-hydrogen) atoms. The summed E-state index contributed by atoms with van der Waals surface area (Å²) >= 11 is 0. The number of nitrogens with zero attached hydrogens (tertiary/aromatic N) is 2. The van der Waals surface area contributed by atoms with Crippen LogP contribution in [-0.2, 0) is 9.47 Å². The van der Waals surface area contributed by atoms with Gasteiger partial charge in [0.15, 0.2) is 12.0 Å². The van der Waals surface area contributed by atoms with E-state index in [1.807, 2.05) is 11.7 Å². The van der Waals surface area contributed by atoms with Crippen molar-refractivity contribution in [3.8, 4) is 5.75 Å². The van der Waals surface area contributed by atoms with Crippen molar-refractivity contribution in [1.29, 1.82) is 0 Å². The Morgan fingerprint density at radius 2 is 1.83 bits per heavy atom. The Labute approximate surface area is 108 Å². The summed E-state index contributed by atoms with van der Waals surface area (Å²) in [4.78, 5) is 0. The second kappa shape index (κ2) is 6.72. The summed E-state index contributed by atoms with van der Waals surface area (Å²) < 4.78 is 17.9. The molecule has 104 valence electrons. The molecule has 1 rings (SSSR count).